The highest BCUT2D eigenvalue weighted by molar-refractivity contribution is 5.92. The van der Waals surface area contributed by atoms with Crippen molar-refractivity contribution in [3.63, 3.8) is 0 Å². The van der Waals surface area contributed by atoms with Crippen molar-refractivity contribution in [1.82, 2.24) is 0 Å². The first-order chi connectivity index (χ1) is 5.89. The van der Waals surface area contributed by atoms with Crippen LogP contribution in [0, 0.1) is 0 Å². The van der Waals surface area contributed by atoms with Gasteiger partial charge in [0.05, 0.1) is 6.26 Å². The van der Waals surface area contributed by atoms with Crippen LogP contribution in [0.25, 0.3) is 0 Å². The van der Waals surface area contributed by atoms with Crippen molar-refractivity contribution in [3.8, 4) is 0 Å². The summed E-state index contributed by atoms with van der Waals surface area (Å²) in [5.41, 5.74) is 0. The second kappa shape index (κ2) is 5.13. The van der Waals surface area contributed by atoms with Crippen LogP contribution in [-0.4, -0.2) is 12.4 Å². The Bertz CT molecular complexity index is 225. The molecule has 0 atom stereocenters. The van der Waals surface area contributed by atoms with Crippen molar-refractivity contribution in [1.29, 1.82) is 0 Å². The number of hydrogen-bond donors (Lipinski definition) is 0. The van der Waals surface area contributed by atoms with Crippen LogP contribution >= 0.6 is 0 Å². The van der Waals surface area contributed by atoms with Gasteiger partial charge in [0.15, 0.2) is 5.78 Å². The van der Waals surface area contributed by atoms with Gasteiger partial charge in [0.1, 0.15) is 6.61 Å². The van der Waals surface area contributed by atoms with Crippen LogP contribution in [0.15, 0.2) is 48.7 Å². The van der Waals surface area contributed by atoms with E-state index in [0.29, 0.717) is 0 Å². The maximum atomic E-state index is 10.0. The Morgan fingerprint density at radius 1 is 1.00 bits per heavy atom. The van der Waals surface area contributed by atoms with Gasteiger partial charge in [0.2, 0.25) is 0 Å². The molecule has 0 spiro atoms. The third kappa shape index (κ3) is 3.56. The summed E-state index contributed by atoms with van der Waals surface area (Å²) in [6.07, 6.45) is 2.82. The standard InChI is InChI=1S/C6H6.C4H4O2/c1-2-4-6-5-3-1;5-4-1-2-6-3-4/h1-6H;1-2H,3H2. The smallest absolute Gasteiger partial charge is 0.196 e. The highest BCUT2D eigenvalue weighted by Gasteiger charge is 1.99. The van der Waals surface area contributed by atoms with E-state index in [1.807, 2.05) is 36.4 Å². The van der Waals surface area contributed by atoms with E-state index in [9.17, 15) is 4.79 Å². The van der Waals surface area contributed by atoms with Crippen molar-refractivity contribution >= 4 is 5.78 Å². The minimum atomic E-state index is 0.0509. The average Bonchev–Trinajstić information content (AvgIpc) is 2.60. The molecule has 1 aromatic carbocycles. The van der Waals surface area contributed by atoms with Gasteiger partial charge in [0.25, 0.3) is 0 Å². The first-order valence-corrected chi connectivity index (χ1v) is 3.70. The summed E-state index contributed by atoms with van der Waals surface area (Å²) >= 11 is 0. The first kappa shape index (κ1) is 8.53. The molecule has 0 fully saturated rings. The van der Waals surface area contributed by atoms with Gasteiger partial charge < -0.3 is 4.74 Å². The van der Waals surface area contributed by atoms with E-state index in [1.165, 1.54) is 12.3 Å². The molecule has 1 heterocycles. The van der Waals surface area contributed by atoms with Crippen molar-refractivity contribution in [2.45, 2.75) is 0 Å². The minimum absolute atomic E-state index is 0.0509. The van der Waals surface area contributed by atoms with E-state index in [2.05, 4.69) is 4.74 Å². The number of ketones is 1. The number of carbonyl (C=O) groups excluding carboxylic acids is 1. The molecule has 0 bridgehead atoms. The molecule has 0 radical (unpaired) electrons. The van der Waals surface area contributed by atoms with Gasteiger partial charge >= 0.3 is 0 Å². The molecule has 2 rings (SSSR count). The third-order valence-corrected chi connectivity index (χ3v) is 1.24. The van der Waals surface area contributed by atoms with Gasteiger partial charge in [-0.1, -0.05) is 36.4 Å². The summed E-state index contributed by atoms with van der Waals surface area (Å²) in [7, 11) is 0. The molecule has 62 valence electrons. The predicted molar refractivity (Wildman–Crippen MR) is 46.5 cm³/mol. The van der Waals surface area contributed by atoms with E-state index >= 15 is 0 Å². The average molecular weight is 162 g/mol. The Balaban J connectivity index is 0.000000120. The number of benzene rings is 1. The summed E-state index contributed by atoms with van der Waals surface area (Å²) in [4.78, 5) is 10.0. The zero-order valence-corrected chi connectivity index (χ0v) is 6.64. The lowest BCUT2D eigenvalue weighted by atomic mass is 10.4. The fourth-order valence-electron chi connectivity index (χ4n) is 0.687. The van der Waals surface area contributed by atoms with Gasteiger partial charge in [-0.25, -0.2) is 0 Å². The van der Waals surface area contributed by atoms with Crippen LogP contribution < -0.4 is 0 Å². The molecule has 1 aliphatic heterocycles. The third-order valence-electron chi connectivity index (χ3n) is 1.24. The Kier molecular flexibility index (Phi) is 3.64. The minimum Gasteiger partial charge on any atom is -0.493 e. The Morgan fingerprint density at radius 2 is 1.50 bits per heavy atom. The lowest BCUT2D eigenvalue weighted by Crippen LogP contribution is -1.91. The fourth-order valence-corrected chi connectivity index (χ4v) is 0.687. The Morgan fingerprint density at radius 3 is 1.67 bits per heavy atom. The Hall–Kier alpha value is -1.57. The van der Waals surface area contributed by atoms with Gasteiger partial charge in [0, 0.05) is 6.08 Å². The monoisotopic (exact) mass is 162 g/mol. The summed E-state index contributed by atoms with van der Waals surface area (Å²) in [6, 6.07) is 12.0. The molecule has 1 aromatic rings. The second-order valence-electron chi connectivity index (χ2n) is 2.23. The molecule has 0 N–H and O–H groups in total. The molecule has 0 aliphatic carbocycles. The molecular formula is C10H10O2. The van der Waals surface area contributed by atoms with Crippen LogP contribution in [0.1, 0.15) is 0 Å². The van der Waals surface area contributed by atoms with Gasteiger partial charge in [-0.05, 0) is 0 Å². The highest BCUT2D eigenvalue weighted by Crippen LogP contribution is 1.89. The molecule has 0 saturated heterocycles. The number of ether oxygens (including phenoxy) is 1. The maximum absolute atomic E-state index is 10.0. The van der Waals surface area contributed by atoms with Crippen LogP contribution in [0.2, 0.25) is 0 Å². The van der Waals surface area contributed by atoms with Gasteiger partial charge in [-0.15, -0.1) is 0 Å². The molecule has 1 aliphatic rings. The molecule has 0 unspecified atom stereocenters. The molecule has 2 heteroatoms. The number of carbonyl (C=O) groups is 1. The molecular weight excluding hydrogens is 152 g/mol. The summed E-state index contributed by atoms with van der Waals surface area (Å²) in [5.74, 6) is 0.0509. The molecule has 0 aromatic heterocycles. The van der Waals surface area contributed by atoms with E-state index in [0.717, 1.165) is 0 Å². The van der Waals surface area contributed by atoms with E-state index < -0.39 is 0 Å². The number of rotatable bonds is 0. The van der Waals surface area contributed by atoms with Crippen molar-refractivity contribution in [2.75, 3.05) is 6.61 Å². The van der Waals surface area contributed by atoms with E-state index in [1.54, 1.807) is 0 Å². The first-order valence-electron chi connectivity index (χ1n) is 3.70. The maximum Gasteiger partial charge on any atom is 0.196 e. The zero-order valence-electron chi connectivity index (χ0n) is 6.64. The van der Waals surface area contributed by atoms with Crippen molar-refractivity contribution in [2.24, 2.45) is 0 Å². The van der Waals surface area contributed by atoms with Crippen LogP contribution in [0.4, 0.5) is 0 Å². The normalized spacial score (nSPS) is 13.2. The quantitative estimate of drug-likeness (QED) is 0.581. The van der Waals surface area contributed by atoms with Crippen molar-refractivity contribution in [3.05, 3.63) is 48.7 Å². The molecule has 0 saturated carbocycles. The Labute approximate surface area is 71.5 Å². The van der Waals surface area contributed by atoms with Gasteiger partial charge in [-0.3, -0.25) is 4.79 Å². The molecule has 12 heavy (non-hydrogen) atoms. The highest BCUT2D eigenvalue weighted by atomic mass is 16.5. The van der Waals surface area contributed by atoms with Crippen LogP contribution in [-0.2, 0) is 9.53 Å². The van der Waals surface area contributed by atoms with Crippen LogP contribution in [0.5, 0.6) is 0 Å². The molecule has 2 nitrogen and oxygen atoms in total. The van der Waals surface area contributed by atoms with E-state index in [4.69, 9.17) is 0 Å². The summed E-state index contributed by atoms with van der Waals surface area (Å²) < 4.78 is 4.53. The zero-order chi connectivity index (χ0) is 8.65. The van der Waals surface area contributed by atoms with Crippen molar-refractivity contribution < 1.29 is 9.53 Å². The second-order valence-corrected chi connectivity index (χ2v) is 2.23. The predicted octanol–water partition coefficient (Wildman–Crippen LogP) is 1.79. The summed E-state index contributed by atoms with van der Waals surface area (Å²) in [6.45, 7) is 0.236. The number of hydrogen-bond acceptors (Lipinski definition) is 2. The fraction of sp³-hybridized carbons (Fsp3) is 0.100. The largest absolute Gasteiger partial charge is 0.493 e. The topological polar surface area (TPSA) is 26.3 Å². The summed E-state index contributed by atoms with van der Waals surface area (Å²) in [5, 5.41) is 0. The molecule has 0 amide bonds. The van der Waals surface area contributed by atoms with Crippen LogP contribution in [0.3, 0.4) is 0 Å². The van der Waals surface area contributed by atoms with Gasteiger partial charge in [-0.2, -0.15) is 0 Å². The lowest BCUT2D eigenvalue weighted by molar-refractivity contribution is -0.115. The lowest BCUT2D eigenvalue weighted by Gasteiger charge is -1.79. The van der Waals surface area contributed by atoms with E-state index in [-0.39, 0.29) is 12.4 Å². The SMILES string of the molecule is O=C1C=COC1.c1ccccc1.